The molecule has 0 aliphatic rings. The summed E-state index contributed by atoms with van der Waals surface area (Å²) < 4.78 is 11.9. The summed E-state index contributed by atoms with van der Waals surface area (Å²) in [6.45, 7) is 4.38. The van der Waals surface area contributed by atoms with Gasteiger partial charge >= 0.3 is 5.97 Å². The summed E-state index contributed by atoms with van der Waals surface area (Å²) in [5.74, 6) is -0.479. The van der Waals surface area contributed by atoms with E-state index in [1.54, 1.807) is 19.9 Å². The predicted molar refractivity (Wildman–Crippen MR) is 141 cm³/mol. The summed E-state index contributed by atoms with van der Waals surface area (Å²) in [6, 6.07) is 30.6. The van der Waals surface area contributed by atoms with E-state index in [1.807, 2.05) is 48.5 Å². The number of fused-ring (bicyclic) bond motifs is 2. The number of aliphatic carboxylic acids is 1. The molecule has 6 heteroatoms. The Morgan fingerprint density at radius 3 is 2.56 bits per heavy atom. The Morgan fingerprint density at radius 1 is 0.972 bits per heavy atom. The summed E-state index contributed by atoms with van der Waals surface area (Å²) in [4.78, 5) is 18.4. The molecule has 0 amide bonds. The minimum Gasteiger partial charge on any atom is -0.478 e. The number of anilines is 1. The first-order valence-corrected chi connectivity index (χ1v) is 12.0. The van der Waals surface area contributed by atoms with Crippen LogP contribution in [-0.2, 0) is 17.8 Å². The molecule has 0 saturated heterocycles. The van der Waals surface area contributed by atoms with Crippen LogP contribution in [-0.4, -0.2) is 28.2 Å². The Balaban J connectivity index is 1.42. The number of rotatable bonds is 9. The maximum atomic E-state index is 11.5. The van der Waals surface area contributed by atoms with Gasteiger partial charge in [0.25, 0.3) is 6.01 Å². The van der Waals surface area contributed by atoms with Crippen molar-refractivity contribution in [2.45, 2.75) is 32.4 Å². The highest BCUT2D eigenvalue weighted by molar-refractivity contribution is 5.86. The number of ether oxygens (including phenoxy) is 1. The van der Waals surface area contributed by atoms with Gasteiger partial charge in [0.15, 0.2) is 11.2 Å². The van der Waals surface area contributed by atoms with Crippen molar-refractivity contribution in [1.29, 1.82) is 0 Å². The number of nitrogens with zero attached hydrogens (tertiary/aromatic N) is 2. The second-order valence-electron chi connectivity index (χ2n) is 9.34. The molecule has 1 heterocycles. The summed E-state index contributed by atoms with van der Waals surface area (Å²) in [6.07, 6.45) is 0.703. The average molecular weight is 481 g/mol. The van der Waals surface area contributed by atoms with Gasteiger partial charge < -0.3 is 19.2 Å². The number of hydrogen-bond acceptors (Lipinski definition) is 5. The van der Waals surface area contributed by atoms with Crippen LogP contribution < -0.4 is 9.64 Å². The van der Waals surface area contributed by atoms with Crippen LogP contribution in [0.15, 0.2) is 95.4 Å². The van der Waals surface area contributed by atoms with Crippen molar-refractivity contribution >= 4 is 33.9 Å². The highest BCUT2D eigenvalue weighted by atomic mass is 16.5. The lowest BCUT2D eigenvalue weighted by molar-refractivity contribution is -0.152. The molecule has 182 valence electrons. The zero-order valence-corrected chi connectivity index (χ0v) is 20.3. The molecule has 6 nitrogen and oxygen atoms in total. The lowest BCUT2D eigenvalue weighted by Crippen LogP contribution is -2.37. The van der Waals surface area contributed by atoms with E-state index in [1.165, 1.54) is 16.3 Å². The third kappa shape index (κ3) is 5.03. The summed E-state index contributed by atoms with van der Waals surface area (Å²) >= 11 is 0. The SMILES string of the molecule is CC(C)(Oc1cccc(CCN(Cc2cccc3ccccc23)c2nc3ccccc3o2)c1)C(=O)O. The maximum Gasteiger partial charge on any atom is 0.347 e. The largest absolute Gasteiger partial charge is 0.478 e. The molecule has 0 unspecified atom stereocenters. The molecule has 0 bridgehead atoms. The van der Waals surface area contributed by atoms with Crippen molar-refractivity contribution in [2.24, 2.45) is 0 Å². The summed E-state index contributed by atoms with van der Waals surface area (Å²) in [7, 11) is 0. The number of benzene rings is 4. The van der Waals surface area contributed by atoms with Gasteiger partial charge in [-0.05, 0) is 66.4 Å². The van der Waals surface area contributed by atoms with Crippen molar-refractivity contribution in [1.82, 2.24) is 4.98 Å². The van der Waals surface area contributed by atoms with E-state index in [9.17, 15) is 9.90 Å². The molecule has 5 aromatic rings. The van der Waals surface area contributed by atoms with Crippen molar-refractivity contribution in [3.05, 3.63) is 102 Å². The number of carbonyl (C=O) groups is 1. The van der Waals surface area contributed by atoms with Crippen LogP contribution in [0.3, 0.4) is 0 Å². The van der Waals surface area contributed by atoms with Gasteiger partial charge in [0.05, 0.1) is 0 Å². The van der Waals surface area contributed by atoms with Gasteiger partial charge in [-0.25, -0.2) is 4.79 Å². The van der Waals surface area contributed by atoms with E-state index < -0.39 is 11.6 Å². The van der Waals surface area contributed by atoms with E-state index in [2.05, 4.69) is 41.3 Å². The van der Waals surface area contributed by atoms with E-state index in [0.717, 1.165) is 16.7 Å². The molecule has 36 heavy (non-hydrogen) atoms. The second kappa shape index (κ2) is 9.74. The van der Waals surface area contributed by atoms with Crippen LogP contribution in [0.2, 0.25) is 0 Å². The van der Waals surface area contributed by atoms with Crippen molar-refractivity contribution < 1.29 is 19.1 Å². The van der Waals surface area contributed by atoms with Crippen LogP contribution in [0.5, 0.6) is 5.75 Å². The molecule has 0 atom stereocenters. The molecule has 5 rings (SSSR count). The van der Waals surface area contributed by atoms with Crippen LogP contribution in [0.1, 0.15) is 25.0 Å². The topological polar surface area (TPSA) is 75.8 Å². The maximum absolute atomic E-state index is 11.5. The van der Waals surface area contributed by atoms with Crippen LogP contribution in [0.4, 0.5) is 6.01 Å². The van der Waals surface area contributed by atoms with Gasteiger partial charge in [0, 0.05) is 13.1 Å². The van der Waals surface area contributed by atoms with Crippen molar-refractivity contribution in [3.63, 3.8) is 0 Å². The van der Waals surface area contributed by atoms with Crippen molar-refractivity contribution in [2.75, 3.05) is 11.4 Å². The fourth-order valence-corrected chi connectivity index (χ4v) is 4.24. The quantitative estimate of drug-likeness (QED) is 0.260. The molecule has 1 N–H and O–H groups in total. The molecule has 0 aliphatic heterocycles. The zero-order valence-electron chi connectivity index (χ0n) is 20.3. The third-order valence-corrected chi connectivity index (χ3v) is 6.25. The van der Waals surface area contributed by atoms with Gasteiger partial charge in [0.1, 0.15) is 11.3 Å². The van der Waals surface area contributed by atoms with Gasteiger partial charge in [-0.2, -0.15) is 4.98 Å². The number of para-hydroxylation sites is 2. The number of aromatic nitrogens is 1. The Bertz CT molecular complexity index is 1480. The first kappa shape index (κ1) is 23.4. The number of hydrogen-bond donors (Lipinski definition) is 1. The Morgan fingerprint density at radius 2 is 1.72 bits per heavy atom. The Kier molecular flexibility index (Phi) is 6.34. The van der Waals surface area contributed by atoms with Crippen LogP contribution in [0, 0.1) is 0 Å². The minimum absolute atomic E-state index is 0.530. The molecule has 0 spiro atoms. The van der Waals surface area contributed by atoms with Crippen LogP contribution in [0.25, 0.3) is 21.9 Å². The fourth-order valence-electron chi connectivity index (χ4n) is 4.24. The van der Waals surface area contributed by atoms with Gasteiger partial charge in [-0.15, -0.1) is 0 Å². The average Bonchev–Trinajstić information content (AvgIpc) is 3.31. The first-order chi connectivity index (χ1) is 17.4. The fraction of sp³-hybridized carbons (Fsp3) is 0.200. The lowest BCUT2D eigenvalue weighted by Gasteiger charge is -2.23. The highest BCUT2D eigenvalue weighted by Gasteiger charge is 2.29. The first-order valence-electron chi connectivity index (χ1n) is 12.0. The Labute approximate surface area is 209 Å². The molecule has 0 saturated carbocycles. The standard InChI is InChI=1S/C30H28N2O4/c1-30(2,28(33)34)36-24-13-7-9-21(19-24)17-18-32(29-31-26-15-5-6-16-27(26)35-29)20-23-12-8-11-22-10-3-4-14-25(22)23/h3-16,19H,17-18,20H2,1-2H3,(H,33,34). The van der Waals surface area contributed by atoms with Gasteiger partial charge in [-0.3, -0.25) is 0 Å². The minimum atomic E-state index is -1.31. The molecule has 0 fully saturated rings. The van der Waals surface area contributed by atoms with Gasteiger partial charge in [0.2, 0.25) is 0 Å². The molecule has 0 aliphatic carbocycles. The van der Waals surface area contributed by atoms with E-state index in [-0.39, 0.29) is 0 Å². The highest BCUT2D eigenvalue weighted by Crippen LogP contribution is 2.27. The number of carboxylic acids is 1. The lowest BCUT2D eigenvalue weighted by atomic mass is 10.0. The summed E-state index contributed by atoms with van der Waals surface area (Å²) in [5.41, 5.74) is 2.49. The zero-order chi connectivity index (χ0) is 25.1. The van der Waals surface area contributed by atoms with E-state index >= 15 is 0 Å². The van der Waals surface area contributed by atoms with E-state index in [4.69, 9.17) is 14.1 Å². The monoisotopic (exact) mass is 480 g/mol. The number of carboxylic acid groups (broad SMARTS) is 1. The third-order valence-electron chi connectivity index (χ3n) is 6.25. The number of oxazole rings is 1. The normalized spacial score (nSPS) is 11.6. The second-order valence-corrected chi connectivity index (χ2v) is 9.34. The van der Waals surface area contributed by atoms with Crippen molar-refractivity contribution in [3.8, 4) is 5.75 Å². The Hall–Kier alpha value is -4.32. The predicted octanol–water partition coefficient (Wildman–Crippen LogP) is 6.47. The molecular formula is C30H28N2O4. The molecule has 0 radical (unpaired) electrons. The molecule has 1 aromatic heterocycles. The van der Waals surface area contributed by atoms with Crippen LogP contribution >= 0.6 is 0 Å². The van der Waals surface area contributed by atoms with Gasteiger partial charge in [-0.1, -0.05) is 66.7 Å². The van der Waals surface area contributed by atoms with E-state index in [0.29, 0.717) is 31.3 Å². The molecular weight excluding hydrogens is 452 g/mol. The smallest absolute Gasteiger partial charge is 0.347 e. The molecule has 4 aromatic carbocycles. The summed E-state index contributed by atoms with van der Waals surface area (Å²) in [5, 5.41) is 11.8.